The third-order valence-electron chi connectivity index (χ3n) is 6.67. The Morgan fingerprint density at radius 2 is 1.77 bits per heavy atom. The molecule has 5 rings (SSSR count). The van der Waals surface area contributed by atoms with E-state index in [1.165, 1.54) is 55.7 Å². The van der Waals surface area contributed by atoms with Crippen molar-refractivity contribution in [1.29, 1.82) is 0 Å². The fourth-order valence-electron chi connectivity index (χ4n) is 4.38. The van der Waals surface area contributed by atoms with Gasteiger partial charge in [0.05, 0.1) is 13.7 Å². The first-order chi connectivity index (χ1) is 20.5. The predicted octanol–water partition coefficient (Wildman–Crippen LogP) is 2.37. The van der Waals surface area contributed by atoms with Crippen molar-refractivity contribution in [2.75, 3.05) is 20.3 Å². The maximum Gasteiger partial charge on any atom is 0.330 e. The van der Waals surface area contributed by atoms with Crippen LogP contribution in [0.5, 0.6) is 34.5 Å². The van der Waals surface area contributed by atoms with E-state index in [9.17, 15) is 40.2 Å². The van der Waals surface area contributed by atoms with Gasteiger partial charge in [-0.3, -0.25) is 4.79 Å². The molecule has 1 saturated heterocycles. The Kier molecular flexibility index (Phi) is 7.87. The van der Waals surface area contributed by atoms with Gasteiger partial charge in [-0.1, -0.05) is 6.07 Å². The number of phenolic OH excluding ortho intramolecular Hbond substituents is 4. The fraction of sp³-hybridized carbons (Fsp3) is 0.200. The van der Waals surface area contributed by atoms with E-state index in [4.69, 9.17) is 23.4 Å². The van der Waals surface area contributed by atoms with Crippen molar-refractivity contribution in [3.63, 3.8) is 0 Å². The number of aromatic hydroxyl groups is 4. The number of benzene rings is 3. The van der Waals surface area contributed by atoms with E-state index < -0.39 is 54.1 Å². The molecule has 1 aliphatic rings. The van der Waals surface area contributed by atoms with E-state index in [2.05, 4.69) is 0 Å². The molecule has 3 atom stereocenters. The Hall–Kier alpha value is -5.24. The monoisotopic (exact) mass is 594 g/mol. The zero-order valence-electron chi connectivity index (χ0n) is 22.5. The van der Waals surface area contributed by atoms with Crippen LogP contribution in [0.3, 0.4) is 0 Å². The van der Waals surface area contributed by atoms with Gasteiger partial charge in [0.25, 0.3) is 0 Å². The molecule has 1 fully saturated rings. The molecular formula is C30H26O13. The maximum absolute atomic E-state index is 13.5. The number of esters is 1. The van der Waals surface area contributed by atoms with Gasteiger partial charge in [0.15, 0.2) is 29.0 Å². The zero-order valence-corrected chi connectivity index (χ0v) is 22.5. The van der Waals surface area contributed by atoms with Crippen molar-refractivity contribution in [3.05, 3.63) is 76.5 Å². The van der Waals surface area contributed by atoms with Crippen molar-refractivity contribution in [3.8, 4) is 45.8 Å². The molecule has 13 heteroatoms. The van der Waals surface area contributed by atoms with Crippen LogP contribution in [0, 0.1) is 0 Å². The van der Waals surface area contributed by atoms with Crippen LogP contribution in [0.4, 0.5) is 0 Å². The number of fused-ring (bicyclic) bond motifs is 1. The van der Waals surface area contributed by atoms with Crippen LogP contribution in [-0.2, 0) is 14.3 Å². The lowest BCUT2D eigenvalue weighted by Gasteiger charge is -2.25. The molecule has 0 radical (unpaired) electrons. The summed E-state index contributed by atoms with van der Waals surface area (Å²) in [5.74, 6) is -2.47. The Labute approximate surface area is 242 Å². The van der Waals surface area contributed by atoms with Crippen LogP contribution in [0.15, 0.2) is 69.9 Å². The van der Waals surface area contributed by atoms with E-state index in [-0.39, 0.29) is 45.3 Å². The molecule has 43 heavy (non-hydrogen) atoms. The Balaban J connectivity index is 1.36. The number of methoxy groups -OCH3 is 1. The number of carbonyl (C=O) groups excluding carboxylic acids is 1. The summed E-state index contributed by atoms with van der Waals surface area (Å²) in [6.07, 6.45) is -0.998. The molecule has 0 unspecified atom stereocenters. The van der Waals surface area contributed by atoms with E-state index in [1.807, 2.05) is 0 Å². The van der Waals surface area contributed by atoms with Gasteiger partial charge in [0, 0.05) is 23.8 Å². The molecule has 224 valence electrons. The molecule has 6 N–H and O–H groups in total. The molecule has 2 heterocycles. The quantitative estimate of drug-likeness (QED) is 0.128. The minimum atomic E-state index is -2.13. The van der Waals surface area contributed by atoms with E-state index in [0.29, 0.717) is 5.56 Å². The first-order valence-electron chi connectivity index (χ1n) is 12.7. The standard InChI is InChI=1S/C30H26O13/c1-39-21-10-15(2-8-19(21)33)3-9-23(35)40-13-30(38)14-41-29(28(30)37)43-27-25(36)24-20(34)11-18(32)12-22(24)42-26(27)16-4-6-17(31)7-5-16/h2-12,28-29,31-34,37-38H,13-14H2,1H3/t28-,29-,30+/m0/s1. The van der Waals surface area contributed by atoms with Crippen molar-refractivity contribution < 1.29 is 58.8 Å². The van der Waals surface area contributed by atoms with Gasteiger partial charge in [-0.05, 0) is 48.0 Å². The highest BCUT2D eigenvalue weighted by Gasteiger charge is 2.51. The van der Waals surface area contributed by atoms with Crippen LogP contribution in [0.1, 0.15) is 5.56 Å². The summed E-state index contributed by atoms with van der Waals surface area (Å²) in [5.41, 5.74) is -2.41. The SMILES string of the molecule is COc1cc(C=CC(=O)OC[C@@]2(O)CO[C@@H](Oc3c(-c4ccc(O)cc4)oc4cc(O)cc(O)c4c3=O)[C@@H]2O)ccc1O. The molecule has 0 aliphatic carbocycles. The first kappa shape index (κ1) is 29.3. The van der Waals surface area contributed by atoms with Crippen molar-refractivity contribution >= 4 is 23.0 Å². The zero-order chi connectivity index (χ0) is 30.9. The average molecular weight is 595 g/mol. The van der Waals surface area contributed by atoms with Crippen molar-refractivity contribution in [1.82, 2.24) is 0 Å². The predicted molar refractivity (Wildman–Crippen MR) is 149 cm³/mol. The van der Waals surface area contributed by atoms with Gasteiger partial charge in [-0.25, -0.2) is 4.79 Å². The van der Waals surface area contributed by atoms with Gasteiger partial charge in [0.1, 0.15) is 34.8 Å². The highest BCUT2D eigenvalue weighted by Crippen LogP contribution is 2.38. The second-order valence-electron chi connectivity index (χ2n) is 9.69. The molecule has 0 saturated carbocycles. The number of hydrogen-bond donors (Lipinski definition) is 6. The first-order valence-corrected chi connectivity index (χ1v) is 12.7. The second kappa shape index (κ2) is 11.6. The molecule has 1 aromatic heterocycles. The number of rotatable bonds is 8. The molecule has 0 spiro atoms. The lowest BCUT2D eigenvalue weighted by Crippen LogP contribution is -2.49. The van der Waals surface area contributed by atoms with E-state index >= 15 is 0 Å². The van der Waals surface area contributed by atoms with Gasteiger partial charge in [-0.2, -0.15) is 0 Å². The highest BCUT2D eigenvalue weighted by molar-refractivity contribution is 5.88. The highest BCUT2D eigenvalue weighted by atomic mass is 16.7. The molecule has 13 nitrogen and oxygen atoms in total. The number of ether oxygens (including phenoxy) is 4. The Morgan fingerprint density at radius 3 is 2.49 bits per heavy atom. The molecule has 0 amide bonds. The summed E-state index contributed by atoms with van der Waals surface area (Å²) in [6, 6.07) is 11.9. The molecular weight excluding hydrogens is 568 g/mol. The minimum absolute atomic E-state index is 0.0727. The normalized spacial score (nSPS) is 20.0. The van der Waals surface area contributed by atoms with Crippen LogP contribution in [0.25, 0.3) is 28.4 Å². The summed E-state index contributed by atoms with van der Waals surface area (Å²) in [5, 5.41) is 61.1. The summed E-state index contributed by atoms with van der Waals surface area (Å²) in [7, 11) is 1.37. The Morgan fingerprint density at radius 1 is 1.02 bits per heavy atom. The maximum atomic E-state index is 13.5. The van der Waals surface area contributed by atoms with E-state index in [1.54, 1.807) is 0 Å². The number of aliphatic hydroxyl groups is 2. The number of phenols is 4. The van der Waals surface area contributed by atoms with Crippen molar-refractivity contribution in [2.45, 2.75) is 18.0 Å². The lowest BCUT2D eigenvalue weighted by atomic mass is 10.0. The second-order valence-corrected chi connectivity index (χ2v) is 9.69. The van der Waals surface area contributed by atoms with Crippen LogP contribution in [-0.4, -0.2) is 74.9 Å². The fourth-order valence-corrected chi connectivity index (χ4v) is 4.38. The van der Waals surface area contributed by atoms with Crippen LogP contribution < -0.4 is 14.9 Å². The van der Waals surface area contributed by atoms with Crippen LogP contribution in [0.2, 0.25) is 0 Å². The van der Waals surface area contributed by atoms with Crippen LogP contribution >= 0.6 is 0 Å². The average Bonchev–Trinajstić information content (AvgIpc) is 3.25. The molecule has 4 aromatic rings. The van der Waals surface area contributed by atoms with Gasteiger partial charge >= 0.3 is 5.97 Å². The molecule has 0 bridgehead atoms. The van der Waals surface area contributed by atoms with Gasteiger partial charge in [0.2, 0.25) is 17.5 Å². The Bertz CT molecular complexity index is 1760. The third-order valence-corrected chi connectivity index (χ3v) is 6.67. The van der Waals surface area contributed by atoms with Gasteiger partial charge in [-0.15, -0.1) is 0 Å². The lowest BCUT2D eigenvalue weighted by molar-refractivity contribution is -0.153. The van der Waals surface area contributed by atoms with Gasteiger partial charge < -0.3 is 54.0 Å². The molecule has 3 aromatic carbocycles. The summed E-state index contributed by atoms with van der Waals surface area (Å²) < 4.78 is 27.0. The summed E-state index contributed by atoms with van der Waals surface area (Å²) in [4.78, 5) is 25.8. The molecule has 1 aliphatic heterocycles. The summed E-state index contributed by atoms with van der Waals surface area (Å²) in [6.45, 7) is -1.25. The smallest absolute Gasteiger partial charge is 0.330 e. The summed E-state index contributed by atoms with van der Waals surface area (Å²) >= 11 is 0. The largest absolute Gasteiger partial charge is 0.508 e. The number of hydrogen-bond acceptors (Lipinski definition) is 13. The number of aliphatic hydroxyl groups excluding tert-OH is 1. The topological polar surface area (TPSA) is 206 Å². The van der Waals surface area contributed by atoms with Crippen molar-refractivity contribution in [2.24, 2.45) is 0 Å². The third kappa shape index (κ3) is 5.90. The minimum Gasteiger partial charge on any atom is -0.508 e. The van der Waals surface area contributed by atoms with E-state index in [0.717, 1.165) is 18.2 Å². The number of carbonyl (C=O) groups is 1.